The van der Waals surface area contributed by atoms with Gasteiger partial charge in [0.05, 0.1) is 22.2 Å². The lowest BCUT2D eigenvalue weighted by atomic mass is 10.2. The third-order valence-electron chi connectivity index (χ3n) is 2.15. The Balaban J connectivity index is 2.37. The highest BCUT2D eigenvalue weighted by Gasteiger charge is 2.10. The maximum absolute atomic E-state index is 11.1. The topological polar surface area (TPSA) is 105 Å². The number of carboxylic acids is 1. The van der Waals surface area contributed by atoms with Crippen LogP contribution in [0.3, 0.4) is 0 Å². The van der Waals surface area contributed by atoms with Crippen LogP contribution in [0.1, 0.15) is 15.4 Å². The molecule has 0 saturated heterocycles. The fourth-order valence-corrected chi connectivity index (χ4v) is 2.37. The van der Waals surface area contributed by atoms with Gasteiger partial charge in [-0.05, 0) is 18.2 Å². The van der Waals surface area contributed by atoms with Crippen molar-refractivity contribution in [3.8, 4) is 0 Å². The number of carbonyl (C=O) groups is 2. The first-order valence-electron chi connectivity index (χ1n) is 4.72. The smallest absolute Gasteiger partial charge is 0.335 e. The molecule has 0 unspecified atom stereocenters. The molecule has 6 nitrogen and oxygen atoms in total. The molecule has 0 spiro atoms. The second-order valence-corrected chi connectivity index (χ2v) is 4.45. The molecular weight excluding hydrogens is 242 g/mol. The average Bonchev–Trinajstić information content (AvgIpc) is 2.69. The van der Waals surface area contributed by atoms with Crippen molar-refractivity contribution in [3.63, 3.8) is 0 Å². The molecule has 1 aromatic heterocycles. The van der Waals surface area contributed by atoms with Gasteiger partial charge in [-0.25, -0.2) is 15.6 Å². The summed E-state index contributed by atoms with van der Waals surface area (Å²) in [4.78, 5) is 26.1. The van der Waals surface area contributed by atoms with Gasteiger partial charge in [0.25, 0.3) is 0 Å². The van der Waals surface area contributed by atoms with Crippen molar-refractivity contribution in [2.45, 2.75) is 6.42 Å². The Bertz CT molecular complexity index is 593. The summed E-state index contributed by atoms with van der Waals surface area (Å²) in [7, 11) is 0. The van der Waals surface area contributed by atoms with Crippen molar-refractivity contribution < 1.29 is 14.7 Å². The molecule has 0 aliphatic rings. The summed E-state index contributed by atoms with van der Waals surface area (Å²) in [6.45, 7) is 0. The van der Waals surface area contributed by atoms with Crippen LogP contribution in [0.25, 0.3) is 10.2 Å². The van der Waals surface area contributed by atoms with E-state index in [4.69, 9.17) is 10.9 Å². The largest absolute Gasteiger partial charge is 0.478 e. The van der Waals surface area contributed by atoms with Crippen LogP contribution in [0, 0.1) is 0 Å². The highest BCUT2D eigenvalue weighted by atomic mass is 32.1. The van der Waals surface area contributed by atoms with E-state index in [0.29, 0.717) is 10.5 Å². The van der Waals surface area contributed by atoms with Gasteiger partial charge in [0.1, 0.15) is 5.01 Å². The number of nitrogens with zero attached hydrogens (tertiary/aromatic N) is 1. The normalized spacial score (nSPS) is 10.4. The number of hydrogen-bond donors (Lipinski definition) is 3. The van der Waals surface area contributed by atoms with Gasteiger partial charge < -0.3 is 5.11 Å². The Hall–Kier alpha value is -1.99. The lowest BCUT2D eigenvalue weighted by Crippen LogP contribution is -2.31. The SMILES string of the molecule is NNC(=O)Cc1nc2ccc(C(=O)O)cc2s1. The number of benzene rings is 1. The molecule has 0 aliphatic heterocycles. The molecule has 0 atom stereocenters. The molecule has 1 amide bonds. The quantitative estimate of drug-likeness (QED) is 0.419. The second-order valence-electron chi connectivity index (χ2n) is 3.34. The van der Waals surface area contributed by atoms with Gasteiger partial charge in [0.15, 0.2) is 0 Å². The van der Waals surface area contributed by atoms with E-state index in [1.165, 1.54) is 17.4 Å². The summed E-state index contributed by atoms with van der Waals surface area (Å²) < 4.78 is 0.740. The number of rotatable bonds is 3. The third-order valence-corrected chi connectivity index (χ3v) is 3.17. The Morgan fingerprint density at radius 3 is 2.88 bits per heavy atom. The van der Waals surface area contributed by atoms with Crippen LogP contribution >= 0.6 is 11.3 Å². The Labute approximate surface area is 100 Å². The van der Waals surface area contributed by atoms with E-state index in [1.807, 2.05) is 5.43 Å². The van der Waals surface area contributed by atoms with E-state index in [2.05, 4.69) is 4.98 Å². The van der Waals surface area contributed by atoms with Crippen molar-refractivity contribution in [1.29, 1.82) is 0 Å². The van der Waals surface area contributed by atoms with Gasteiger partial charge in [-0.3, -0.25) is 10.2 Å². The zero-order valence-electron chi connectivity index (χ0n) is 8.64. The highest BCUT2D eigenvalue weighted by molar-refractivity contribution is 7.18. The maximum Gasteiger partial charge on any atom is 0.335 e. The number of aromatic carboxylic acids is 1. The van der Waals surface area contributed by atoms with Crippen LogP contribution in [-0.4, -0.2) is 22.0 Å². The summed E-state index contributed by atoms with van der Waals surface area (Å²) >= 11 is 1.28. The number of amides is 1. The Morgan fingerprint density at radius 1 is 1.47 bits per heavy atom. The van der Waals surface area contributed by atoms with Crippen LogP contribution in [0.15, 0.2) is 18.2 Å². The monoisotopic (exact) mass is 251 g/mol. The number of nitrogens with one attached hydrogen (secondary N) is 1. The molecule has 0 fully saturated rings. The summed E-state index contributed by atoms with van der Waals surface area (Å²) in [5, 5.41) is 9.44. The maximum atomic E-state index is 11.1. The van der Waals surface area contributed by atoms with Crippen molar-refractivity contribution in [2.24, 2.45) is 5.84 Å². The molecule has 7 heteroatoms. The minimum absolute atomic E-state index is 0.0955. The van der Waals surface area contributed by atoms with E-state index in [1.54, 1.807) is 12.1 Å². The van der Waals surface area contributed by atoms with Gasteiger partial charge in [-0.2, -0.15) is 0 Å². The predicted molar refractivity (Wildman–Crippen MR) is 62.6 cm³/mol. The van der Waals surface area contributed by atoms with Gasteiger partial charge in [-0.1, -0.05) is 0 Å². The van der Waals surface area contributed by atoms with Crippen molar-refractivity contribution >= 4 is 33.4 Å². The van der Waals surface area contributed by atoms with Crippen LogP contribution in [0.5, 0.6) is 0 Å². The molecule has 1 heterocycles. The first kappa shape index (κ1) is 11.5. The molecule has 0 saturated carbocycles. The summed E-state index contributed by atoms with van der Waals surface area (Å²) in [6, 6.07) is 4.65. The van der Waals surface area contributed by atoms with E-state index in [0.717, 1.165) is 4.70 Å². The van der Waals surface area contributed by atoms with Gasteiger partial charge in [0, 0.05) is 0 Å². The van der Waals surface area contributed by atoms with Crippen molar-refractivity contribution in [3.05, 3.63) is 28.8 Å². The lowest BCUT2D eigenvalue weighted by molar-refractivity contribution is -0.120. The number of carboxylic acid groups (broad SMARTS) is 1. The molecule has 0 bridgehead atoms. The Kier molecular flexibility index (Phi) is 3.03. The van der Waals surface area contributed by atoms with Crippen molar-refractivity contribution in [1.82, 2.24) is 10.4 Å². The number of carbonyl (C=O) groups excluding carboxylic acids is 1. The van der Waals surface area contributed by atoms with Gasteiger partial charge in [-0.15, -0.1) is 11.3 Å². The number of hydrogen-bond acceptors (Lipinski definition) is 5. The van der Waals surface area contributed by atoms with E-state index < -0.39 is 5.97 Å². The minimum Gasteiger partial charge on any atom is -0.478 e. The summed E-state index contributed by atoms with van der Waals surface area (Å²) in [5.74, 6) is 3.66. The molecule has 4 N–H and O–H groups in total. The molecule has 1 aromatic carbocycles. The van der Waals surface area contributed by atoms with Gasteiger partial charge >= 0.3 is 5.97 Å². The zero-order chi connectivity index (χ0) is 12.4. The minimum atomic E-state index is -0.985. The number of hydrazine groups is 1. The fourth-order valence-electron chi connectivity index (χ4n) is 1.37. The summed E-state index contributed by atoms with van der Waals surface area (Å²) in [5.41, 5.74) is 2.91. The molecule has 17 heavy (non-hydrogen) atoms. The third kappa shape index (κ3) is 2.40. The average molecular weight is 251 g/mol. The highest BCUT2D eigenvalue weighted by Crippen LogP contribution is 2.23. The predicted octanol–water partition coefficient (Wildman–Crippen LogP) is 0.527. The number of fused-ring (bicyclic) bond motifs is 1. The fraction of sp³-hybridized carbons (Fsp3) is 0.100. The van der Waals surface area contributed by atoms with E-state index in [-0.39, 0.29) is 17.9 Å². The Morgan fingerprint density at radius 2 is 2.24 bits per heavy atom. The van der Waals surface area contributed by atoms with Crippen LogP contribution < -0.4 is 11.3 Å². The van der Waals surface area contributed by atoms with Crippen LogP contribution in [-0.2, 0) is 11.2 Å². The number of aromatic nitrogens is 1. The number of nitrogens with two attached hydrogens (primary N) is 1. The van der Waals surface area contributed by atoms with E-state index >= 15 is 0 Å². The first-order chi connectivity index (χ1) is 8.10. The van der Waals surface area contributed by atoms with Crippen LogP contribution in [0.4, 0.5) is 0 Å². The van der Waals surface area contributed by atoms with E-state index in [9.17, 15) is 9.59 Å². The molecule has 88 valence electrons. The summed E-state index contributed by atoms with van der Waals surface area (Å²) in [6.07, 6.45) is 0.0955. The molecule has 0 radical (unpaired) electrons. The lowest BCUT2D eigenvalue weighted by Gasteiger charge is -1.92. The first-order valence-corrected chi connectivity index (χ1v) is 5.54. The molecule has 2 rings (SSSR count). The van der Waals surface area contributed by atoms with Gasteiger partial charge in [0.2, 0.25) is 5.91 Å². The van der Waals surface area contributed by atoms with Crippen molar-refractivity contribution in [2.75, 3.05) is 0 Å². The number of thiazole rings is 1. The standard InChI is InChI=1S/C10H9N3O3S/c11-13-8(14)4-9-12-6-2-1-5(10(15)16)3-7(6)17-9/h1-3H,4,11H2,(H,13,14)(H,15,16). The molecule has 2 aromatic rings. The van der Waals surface area contributed by atoms with Crippen LogP contribution in [0.2, 0.25) is 0 Å². The zero-order valence-corrected chi connectivity index (χ0v) is 9.45. The second kappa shape index (κ2) is 4.48. The molecular formula is C10H9N3O3S. The molecule has 0 aliphatic carbocycles.